The molecule has 0 heterocycles. The number of hydrogen-bond acceptors (Lipinski definition) is 16. The summed E-state index contributed by atoms with van der Waals surface area (Å²) in [6, 6.07) is 21.6. The lowest BCUT2D eigenvalue weighted by atomic mass is 10.0. The Kier molecular flexibility index (Phi) is 46.7. The Morgan fingerprint density at radius 2 is 1.09 bits per heavy atom. The maximum Gasteiger partial charge on any atom is 0.251 e. The summed E-state index contributed by atoms with van der Waals surface area (Å²) in [4.78, 5) is 38.5. The van der Waals surface area contributed by atoms with Gasteiger partial charge in [0.2, 0.25) is 5.91 Å². The fourth-order valence-corrected chi connectivity index (χ4v) is 6.76. The van der Waals surface area contributed by atoms with Crippen molar-refractivity contribution in [3.63, 3.8) is 0 Å². The normalized spacial score (nSPS) is 11.5. The Morgan fingerprint density at radius 3 is 1.54 bits per heavy atom. The van der Waals surface area contributed by atoms with Crippen LogP contribution < -0.4 is 22.1 Å². The number of unbranched alkanes of at least 4 members (excludes halogenated alkanes) is 1. The number of hydrogen-bond donors (Lipinski definition) is 6. The van der Waals surface area contributed by atoms with Crippen molar-refractivity contribution in [1.29, 1.82) is 0 Å². The van der Waals surface area contributed by atoms with Crippen LogP contribution in [0.4, 0.5) is 5.69 Å². The molecule has 0 spiro atoms. The van der Waals surface area contributed by atoms with Crippen LogP contribution in [0.3, 0.4) is 0 Å². The molecule has 20 heteroatoms. The summed E-state index contributed by atoms with van der Waals surface area (Å²) in [5.74, 6) is 2.33. The van der Waals surface area contributed by atoms with Crippen molar-refractivity contribution in [2.75, 3.05) is 136 Å². The zero-order valence-electron chi connectivity index (χ0n) is 46.3. The van der Waals surface area contributed by atoms with Gasteiger partial charge < -0.3 is 65.1 Å². The number of nitrogens with one attached hydrogen (secondary N) is 2. The topological polar surface area (TPSA) is 246 Å². The van der Waals surface area contributed by atoms with E-state index in [2.05, 4.69) is 53.9 Å². The van der Waals surface area contributed by atoms with E-state index in [-0.39, 0.29) is 36.5 Å². The molecule has 1 unspecified atom stereocenters. The number of thiol groups is 1. The first-order valence-corrected chi connectivity index (χ1v) is 27.6. The van der Waals surface area contributed by atoms with Crippen molar-refractivity contribution in [3.05, 3.63) is 107 Å². The van der Waals surface area contributed by atoms with E-state index in [1.54, 1.807) is 67.2 Å². The van der Waals surface area contributed by atoms with E-state index in [1.807, 2.05) is 45.0 Å². The molecule has 18 nitrogen and oxygen atoms in total. The number of Topliss-reactive ketones (excluding diaryl/α,β-unsaturated/α-hetero) is 1. The molecule has 0 aliphatic rings. The summed E-state index contributed by atoms with van der Waals surface area (Å²) in [7, 11) is 1.00. The fourth-order valence-electron chi connectivity index (χ4n) is 5.77. The molecule has 76 heavy (non-hydrogen) atoms. The smallest absolute Gasteiger partial charge is 0.251 e. The zero-order chi connectivity index (χ0) is 56.4. The molecule has 0 aromatic heterocycles. The van der Waals surface area contributed by atoms with Crippen LogP contribution in [0.15, 0.2) is 100 Å². The number of carbonyl (C=O) groups excluding carboxylic acids is 3. The van der Waals surface area contributed by atoms with E-state index in [0.717, 1.165) is 23.7 Å². The van der Waals surface area contributed by atoms with Crippen molar-refractivity contribution in [2.45, 2.75) is 72.1 Å². The van der Waals surface area contributed by atoms with Crippen molar-refractivity contribution >= 4 is 59.3 Å². The molecule has 0 saturated carbocycles. The van der Waals surface area contributed by atoms with Crippen LogP contribution in [-0.4, -0.2) is 165 Å². The number of nitrogens with two attached hydrogens (primary N) is 2. The number of nitrogens with zero attached hydrogens (tertiary/aromatic N) is 2. The number of aryl methyl sites for hydroxylation is 1. The number of amidine groups is 2. The van der Waals surface area contributed by atoms with Gasteiger partial charge in [-0.3, -0.25) is 14.4 Å². The Morgan fingerprint density at radius 1 is 0.658 bits per heavy atom. The van der Waals surface area contributed by atoms with Crippen molar-refractivity contribution in [3.8, 4) is 0 Å². The standard InChI is InChI=1S/C46H64N6O11S.C7H16S.C2H6.CH4O/c1-35-4-14-42(15-5-35)64-34-36(2)44(54)38-6-8-40(9-7-38)46(55)49-17-19-57-21-23-59-25-27-61-29-31-63-33-32-62-30-28-60-26-24-58-22-20-56-18-16-43(53)50-41-12-10-39(11-13-41)45(48)52-51-37(3)47;1-3-4-5-7(2)6-8;2*1-2/h4-15H,2,16-34H2,1,3H3,(H2,47,51)(H2,48,52)(H,49,55)(H,50,53);7-8H,3-6H2,1-2H3;1-2H3;2H,1H3. The fraction of sp³-hybridized carbons (Fsp3) is 0.554. The molecular weight excluding hydrogens is 1010 g/mol. The molecule has 0 fully saturated rings. The molecule has 2 amide bonds. The van der Waals surface area contributed by atoms with Gasteiger partial charge >= 0.3 is 0 Å². The summed E-state index contributed by atoms with van der Waals surface area (Å²) >= 11 is 5.75. The molecule has 1 atom stereocenters. The highest BCUT2D eigenvalue weighted by Gasteiger charge is 2.13. The first-order valence-electron chi connectivity index (χ1n) is 25.9. The third-order valence-corrected chi connectivity index (χ3v) is 11.6. The number of amides is 2. The molecule has 0 saturated heterocycles. The third kappa shape index (κ3) is 38.8. The Hall–Kier alpha value is -4.71. The van der Waals surface area contributed by atoms with Crippen LogP contribution in [0.25, 0.3) is 0 Å². The predicted octanol–water partition coefficient (Wildman–Crippen LogP) is 7.79. The molecule has 428 valence electrons. The average Bonchev–Trinajstić information content (AvgIpc) is 3.44. The largest absolute Gasteiger partial charge is 0.400 e. The van der Waals surface area contributed by atoms with Crippen LogP contribution >= 0.6 is 24.4 Å². The molecule has 3 aromatic rings. The number of ether oxygens (including phenoxy) is 8. The monoisotopic (exact) mass is 1100 g/mol. The lowest BCUT2D eigenvalue weighted by Crippen LogP contribution is -2.27. The van der Waals surface area contributed by atoms with Crippen LogP contribution in [0, 0.1) is 12.8 Å². The zero-order valence-corrected chi connectivity index (χ0v) is 48.0. The number of aliphatic hydroxyl groups is 1. The average molecular weight is 1100 g/mol. The number of aliphatic hydroxyl groups excluding tert-OH is 1. The summed E-state index contributed by atoms with van der Waals surface area (Å²) < 4.78 is 44.0. The minimum Gasteiger partial charge on any atom is -0.400 e. The van der Waals surface area contributed by atoms with E-state index < -0.39 is 0 Å². The quantitative estimate of drug-likeness (QED) is 0.00465. The number of ketones is 1. The Labute approximate surface area is 463 Å². The van der Waals surface area contributed by atoms with E-state index in [0.29, 0.717) is 145 Å². The van der Waals surface area contributed by atoms with Crippen molar-refractivity contribution in [2.24, 2.45) is 27.6 Å². The first kappa shape index (κ1) is 71.3. The molecular formula is C56H90N6O12S2. The second-order valence-corrected chi connectivity index (χ2v) is 17.7. The van der Waals surface area contributed by atoms with Crippen LogP contribution in [0.1, 0.15) is 92.1 Å². The molecule has 0 aliphatic heterocycles. The van der Waals surface area contributed by atoms with E-state index >= 15 is 0 Å². The number of anilines is 1. The molecule has 7 N–H and O–H groups in total. The van der Waals surface area contributed by atoms with Gasteiger partial charge in [0.1, 0.15) is 5.84 Å². The van der Waals surface area contributed by atoms with Gasteiger partial charge in [-0.05, 0) is 80.5 Å². The van der Waals surface area contributed by atoms with Crippen LogP contribution in [-0.2, 0) is 42.7 Å². The van der Waals surface area contributed by atoms with E-state index in [4.69, 9.17) is 54.5 Å². The minimum atomic E-state index is -0.242. The lowest BCUT2D eigenvalue weighted by molar-refractivity contribution is -0.117. The van der Waals surface area contributed by atoms with Gasteiger partial charge in [-0.25, -0.2) is 0 Å². The summed E-state index contributed by atoms with van der Waals surface area (Å²) in [5.41, 5.74) is 15.3. The lowest BCUT2D eigenvalue weighted by Gasteiger charge is -2.09. The minimum absolute atomic E-state index is 0.135. The second-order valence-electron chi connectivity index (χ2n) is 16.3. The SMILES string of the molecule is C=C(CSc1ccc(C)cc1)C(=O)c1ccc(C(=O)NCCOCCOCCOCCOCCOCCOCCOCCOCCC(=O)Nc2ccc(/C(N)=N/N=C(/C)N)cc2)cc1.CC.CCCCC(C)CS.CO. The summed E-state index contributed by atoms with van der Waals surface area (Å²) in [6.45, 7) is 23.0. The highest BCUT2D eigenvalue weighted by molar-refractivity contribution is 7.99. The Balaban J connectivity index is 0.00000422. The van der Waals surface area contributed by atoms with Crippen molar-refractivity contribution < 1.29 is 57.4 Å². The molecule has 0 radical (unpaired) electrons. The summed E-state index contributed by atoms with van der Waals surface area (Å²) in [5, 5.41) is 20.2. The van der Waals surface area contributed by atoms with Gasteiger partial charge in [0.05, 0.1) is 112 Å². The highest BCUT2D eigenvalue weighted by atomic mass is 32.2. The number of rotatable bonds is 40. The van der Waals surface area contributed by atoms with Crippen LogP contribution in [0.2, 0.25) is 0 Å². The molecule has 3 aromatic carbocycles. The van der Waals surface area contributed by atoms with E-state index in [1.165, 1.54) is 24.8 Å². The van der Waals surface area contributed by atoms with Gasteiger partial charge in [-0.15, -0.1) is 22.0 Å². The molecule has 0 aliphatic carbocycles. The number of carbonyl (C=O) groups is 3. The maximum atomic E-state index is 12.8. The Bertz CT molecular complexity index is 1990. The van der Waals surface area contributed by atoms with Gasteiger partial charge in [0.15, 0.2) is 11.6 Å². The van der Waals surface area contributed by atoms with Gasteiger partial charge in [0.25, 0.3) is 5.91 Å². The number of benzene rings is 3. The predicted molar refractivity (Wildman–Crippen MR) is 310 cm³/mol. The third-order valence-electron chi connectivity index (χ3n) is 9.92. The number of thioether (sulfide) groups is 1. The highest BCUT2D eigenvalue weighted by Crippen LogP contribution is 2.22. The van der Waals surface area contributed by atoms with Gasteiger partial charge in [0, 0.05) is 52.3 Å². The maximum absolute atomic E-state index is 12.8. The molecule has 3 rings (SSSR count). The second kappa shape index (κ2) is 49.8. The van der Waals surface area contributed by atoms with Crippen LogP contribution in [0.5, 0.6) is 0 Å². The first-order chi connectivity index (χ1) is 36.9. The molecule has 0 bridgehead atoms. The van der Waals surface area contributed by atoms with Crippen molar-refractivity contribution in [1.82, 2.24) is 5.32 Å². The van der Waals surface area contributed by atoms with Gasteiger partial charge in [-0.2, -0.15) is 12.6 Å². The van der Waals surface area contributed by atoms with E-state index in [9.17, 15) is 14.4 Å². The summed E-state index contributed by atoms with van der Waals surface area (Å²) in [6.07, 6.45) is 4.23. The van der Waals surface area contributed by atoms with Gasteiger partial charge in [-0.1, -0.05) is 76.9 Å².